The number of halogens is 3. The van der Waals surface area contributed by atoms with Gasteiger partial charge in [-0.1, -0.05) is 28.7 Å². The summed E-state index contributed by atoms with van der Waals surface area (Å²) in [6, 6.07) is 6.76. The third-order valence-corrected chi connectivity index (χ3v) is 3.87. The van der Waals surface area contributed by atoms with Crippen molar-refractivity contribution >= 4 is 40.3 Å². The molecular formula is C15H11ClF2N2O2S. The first-order chi connectivity index (χ1) is 11.1. The summed E-state index contributed by atoms with van der Waals surface area (Å²) in [6.45, 7) is 0.0891. The molecule has 0 unspecified atom stereocenters. The smallest absolute Gasteiger partial charge is 0.187 e. The SMILES string of the molecule is CSNc1noc2cc(COc3ccc(F)c(F)c3)c(Cl)cc12. The molecule has 0 fully saturated rings. The highest BCUT2D eigenvalue weighted by atomic mass is 35.5. The zero-order valence-electron chi connectivity index (χ0n) is 11.9. The summed E-state index contributed by atoms with van der Waals surface area (Å²) >= 11 is 7.62. The fraction of sp³-hybridized carbons (Fsp3) is 0.133. The number of nitrogens with zero attached hydrogens (tertiary/aromatic N) is 1. The summed E-state index contributed by atoms with van der Waals surface area (Å²) in [5, 5.41) is 5.13. The van der Waals surface area contributed by atoms with Gasteiger partial charge in [-0.05, 0) is 24.3 Å². The Labute approximate surface area is 139 Å². The molecule has 0 radical (unpaired) electrons. The van der Waals surface area contributed by atoms with Crippen molar-refractivity contribution in [3.63, 3.8) is 0 Å². The zero-order valence-corrected chi connectivity index (χ0v) is 13.5. The van der Waals surface area contributed by atoms with Crippen LogP contribution in [0.3, 0.4) is 0 Å². The van der Waals surface area contributed by atoms with E-state index in [0.717, 1.165) is 17.5 Å². The van der Waals surface area contributed by atoms with Gasteiger partial charge in [-0.3, -0.25) is 0 Å². The predicted molar refractivity (Wildman–Crippen MR) is 86.8 cm³/mol. The van der Waals surface area contributed by atoms with Gasteiger partial charge in [-0.25, -0.2) is 8.78 Å². The molecule has 8 heteroatoms. The van der Waals surface area contributed by atoms with Gasteiger partial charge in [0.05, 0.1) is 5.39 Å². The van der Waals surface area contributed by atoms with Gasteiger partial charge < -0.3 is 14.0 Å². The fourth-order valence-corrected chi connectivity index (χ4v) is 2.57. The molecular weight excluding hydrogens is 346 g/mol. The third kappa shape index (κ3) is 3.35. The van der Waals surface area contributed by atoms with Gasteiger partial charge >= 0.3 is 0 Å². The lowest BCUT2D eigenvalue weighted by Gasteiger charge is -2.08. The molecule has 0 saturated carbocycles. The summed E-state index contributed by atoms with van der Waals surface area (Å²) in [5.74, 6) is -1.09. The van der Waals surface area contributed by atoms with Crippen LogP contribution in [0, 0.1) is 11.6 Å². The van der Waals surface area contributed by atoms with Crippen LogP contribution in [0.4, 0.5) is 14.6 Å². The molecule has 2 aromatic carbocycles. The van der Waals surface area contributed by atoms with Gasteiger partial charge in [0.25, 0.3) is 0 Å². The quantitative estimate of drug-likeness (QED) is 0.650. The van der Waals surface area contributed by atoms with Crippen LogP contribution < -0.4 is 9.46 Å². The van der Waals surface area contributed by atoms with Gasteiger partial charge in [-0.15, -0.1) is 0 Å². The Morgan fingerprint density at radius 3 is 2.83 bits per heavy atom. The van der Waals surface area contributed by atoms with Crippen LogP contribution in [0.2, 0.25) is 5.02 Å². The molecule has 0 atom stereocenters. The van der Waals surface area contributed by atoms with Gasteiger partial charge in [0.1, 0.15) is 12.4 Å². The molecule has 0 saturated heterocycles. The van der Waals surface area contributed by atoms with Crippen molar-refractivity contribution in [3.05, 3.63) is 52.6 Å². The minimum atomic E-state index is -0.966. The first kappa shape index (κ1) is 15.9. The number of benzene rings is 2. The number of hydrogen-bond acceptors (Lipinski definition) is 5. The molecule has 0 aliphatic rings. The van der Waals surface area contributed by atoms with E-state index in [2.05, 4.69) is 9.88 Å². The summed E-state index contributed by atoms with van der Waals surface area (Å²) in [7, 11) is 0. The van der Waals surface area contributed by atoms with Crippen LogP contribution >= 0.6 is 23.5 Å². The van der Waals surface area contributed by atoms with Gasteiger partial charge in [0.2, 0.25) is 0 Å². The van der Waals surface area contributed by atoms with Crippen LogP contribution in [0.5, 0.6) is 5.75 Å². The van der Waals surface area contributed by atoms with Crippen molar-refractivity contribution < 1.29 is 18.0 Å². The van der Waals surface area contributed by atoms with Crippen molar-refractivity contribution in [1.29, 1.82) is 0 Å². The monoisotopic (exact) mass is 356 g/mol. The van der Waals surface area contributed by atoms with Crippen LogP contribution in [-0.4, -0.2) is 11.4 Å². The van der Waals surface area contributed by atoms with Crippen LogP contribution in [0.15, 0.2) is 34.9 Å². The molecule has 0 spiro atoms. The number of rotatable bonds is 5. The second-order valence-electron chi connectivity index (χ2n) is 4.64. The van der Waals surface area contributed by atoms with Crippen molar-refractivity contribution in [2.24, 2.45) is 0 Å². The standard InChI is InChI=1S/C15H11ClF2N2O2S/c1-23-20-15-10-6-11(16)8(4-14(10)22-19-15)7-21-9-2-3-12(17)13(18)5-9/h2-6H,7H2,1H3,(H,19,20). The average molecular weight is 357 g/mol. The van der Waals surface area contributed by atoms with E-state index >= 15 is 0 Å². The van der Waals surface area contributed by atoms with Crippen molar-refractivity contribution in [2.45, 2.75) is 6.61 Å². The summed E-state index contributed by atoms with van der Waals surface area (Å²) in [6.07, 6.45) is 1.87. The third-order valence-electron chi connectivity index (χ3n) is 3.12. The predicted octanol–water partition coefficient (Wildman–Crippen LogP) is 5.03. The topological polar surface area (TPSA) is 47.3 Å². The molecule has 3 aromatic rings. The normalized spacial score (nSPS) is 11.0. The zero-order chi connectivity index (χ0) is 16.4. The Bertz CT molecular complexity index is 857. The minimum Gasteiger partial charge on any atom is -0.489 e. The van der Waals surface area contributed by atoms with E-state index in [0.29, 0.717) is 22.0 Å². The van der Waals surface area contributed by atoms with Crippen LogP contribution in [0.25, 0.3) is 11.0 Å². The first-order valence-electron chi connectivity index (χ1n) is 6.53. The van der Waals surface area contributed by atoms with E-state index in [4.69, 9.17) is 20.9 Å². The maximum Gasteiger partial charge on any atom is 0.187 e. The first-order valence-corrected chi connectivity index (χ1v) is 8.13. The molecule has 1 heterocycles. The maximum atomic E-state index is 13.2. The van der Waals surface area contributed by atoms with Gasteiger partial charge in [0.15, 0.2) is 23.0 Å². The van der Waals surface area contributed by atoms with E-state index < -0.39 is 11.6 Å². The molecule has 0 bridgehead atoms. The molecule has 0 aliphatic carbocycles. The highest BCUT2D eigenvalue weighted by molar-refractivity contribution is 7.99. The summed E-state index contributed by atoms with van der Waals surface area (Å²) in [5.41, 5.74) is 1.20. The van der Waals surface area contributed by atoms with Gasteiger partial charge in [-0.2, -0.15) is 0 Å². The van der Waals surface area contributed by atoms with Crippen LogP contribution in [-0.2, 0) is 6.61 Å². The van der Waals surface area contributed by atoms with E-state index in [-0.39, 0.29) is 12.4 Å². The molecule has 4 nitrogen and oxygen atoms in total. The van der Waals surface area contributed by atoms with E-state index in [9.17, 15) is 8.78 Å². The summed E-state index contributed by atoms with van der Waals surface area (Å²) < 4.78 is 39.7. The van der Waals surface area contributed by atoms with E-state index in [1.54, 1.807) is 12.1 Å². The number of fused-ring (bicyclic) bond motifs is 1. The second kappa shape index (κ2) is 6.64. The van der Waals surface area contributed by atoms with Crippen LogP contribution in [0.1, 0.15) is 5.56 Å². The van der Waals surface area contributed by atoms with E-state index in [1.807, 2.05) is 6.26 Å². The Morgan fingerprint density at radius 1 is 1.26 bits per heavy atom. The lowest BCUT2D eigenvalue weighted by Crippen LogP contribution is -1.97. The average Bonchev–Trinajstić information content (AvgIpc) is 2.91. The number of hydrogen-bond donors (Lipinski definition) is 1. The molecule has 1 N–H and O–H groups in total. The Kier molecular flexibility index (Phi) is 4.58. The molecule has 0 aliphatic heterocycles. The second-order valence-corrected chi connectivity index (χ2v) is 5.66. The highest BCUT2D eigenvalue weighted by Gasteiger charge is 2.12. The molecule has 23 heavy (non-hydrogen) atoms. The number of nitrogens with one attached hydrogen (secondary N) is 1. The largest absolute Gasteiger partial charge is 0.489 e. The maximum absolute atomic E-state index is 13.2. The Balaban J connectivity index is 1.82. The van der Waals surface area contributed by atoms with Gasteiger partial charge in [0, 0.05) is 22.9 Å². The fourth-order valence-electron chi connectivity index (χ4n) is 2.01. The summed E-state index contributed by atoms with van der Waals surface area (Å²) in [4.78, 5) is 0. The van der Waals surface area contributed by atoms with Crippen molar-refractivity contribution in [1.82, 2.24) is 5.16 Å². The number of aromatic nitrogens is 1. The lowest BCUT2D eigenvalue weighted by atomic mass is 10.2. The number of ether oxygens (including phenoxy) is 1. The molecule has 0 amide bonds. The highest BCUT2D eigenvalue weighted by Crippen LogP contribution is 2.30. The molecule has 1 aromatic heterocycles. The number of anilines is 1. The molecule has 120 valence electrons. The van der Waals surface area contributed by atoms with Crippen molar-refractivity contribution in [3.8, 4) is 5.75 Å². The lowest BCUT2D eigenvalue weighted by molar-refractivity contribution is 0.303. The van der Waals surface area contributed by atoms with E-state index in [1.165, 1.54) is 18.0 Å². The molecule has 3 rings (SSSR count). The minimum absolute atomic E-state index is 0.0891. The van der Waals surface area contributed by atoms with Crippen molar-refractivity contribution in [2.75, 3.05) is 11.0 Å². The Morgan fingerprint density at radius 2 is 2.09 bits per heavy atom. The Hall–Kier alpha value is -1.99.